The maximum Gasteiger partial charge on any atom is 0.252 e. The van der Waals surface area contributed by atoms with Crippen LogP contribution in [0.4, 0.5) is 5.69 Å². The van der Waals surface area contributed by atoms with Crippen molar-refractivity contribution in [1.82, 2.24) is 10.6 Å². The number of hydrogen-bond donors (Lipinski definition) is 3. The molecule has 0 fully saturated rings. The summed E-state index contributed by atoms with van der Waals surface area (Å²) >= 11 is 6.09. The third-order valence-corrected chi connectivity index (χ3v) is 3.58. The summed E-state index contributed by atoms with van der Waals surface area (Å²) < 4.78 is 0. The average Bonchev–Trinajstić information content (AvgIpc) is 2.44. The summed E-state index contributed by atoms with van der Waals surface area (Å²) in [6, 6.07) is 5.07. The van der Waals surface area contributed by atoms with E-state index >= 15 is 0 Å². The molecule has 2 amide bonds. The molecule has 1 aromatic rings. The second-order valence-corrected chi connectivity index (χ2v) is 7.29. The molecule has 23 heavy (non-hydrogen) atoms. The van der Waals surface area contributed by atoms with Crippen LogP contribution in [0.3, 0.4) is 0 Å². The minimum absolute atomic E-state index is 0.0880. The summed E-state index contributed by atoms with van der Waals surface area (Å²) in [5.74, 6) is -0.348. The zero-order chi connectivity index (χ0) is 17.6. The van der Waals surface area contributed by atoms with Gasteiger partial charge >= 0.3 is 0 Å². The molecule has 3 N–H and O–H groups in total. The third kappa shape index (κ3) is 7.01. The van der Waals surface area contributed by atoms with Crippen LogP contribution in [-0.2, 0) is 4.79 Å². The van der Waals surface area contributed by atoms with Crippen LogP contribution in [0, 0.1) is 5.41 Å². The Morgan fingerprint density at radius 2 is 1.91 bits per heavy atom. The predicted molar refractivity (Wildman–Crippen MR) is 95.0 cm³/mol. The highest BCUT2D eigenvalue weighted by Crippen LogP contribution is 2.23. The van der Waals surface area contributed by atoms with Crippen molar-refractivity contribution in [2.45, 2.75) is 40.2 Å². The Labute approximate surface area is 143 Å². The van der Waals surface area contributed by atoms with Crippen LogP contribution in [0.5, 0.6) is 0 Å². The molecule has 1 unspecified atom stereocenters. The number of benzene rings is 1. The van der Waals surface area contributed by atoms with Gasteiger partial charge in [-0.15, -0.1) is 0 Å². The monoisotopic (exact) mass is 339 g/mol. The number of nitrogens with one attached hydrogen (secondary N) is 3. The van der Waals surface area contributed by atoms with Crippen LogP contribution in [0.15, 0.2) is 18.2 Å². The van der Waals surface area contributed by atoms with Gasteiger partial charge in [0.25, 0.3) is 5.91 Å². The molecule has 128 valence electrons. The van der Waals surface area contributed by atoms with Gasteiger partial charge in [0, 0.05) is 24.7 Å². The number of hydrogen-bond acceptors (Lipinski definition) is 3. The number of rotatable bonds is 6. The molecule has 0 aromatic heterocycles. The molecule has 0 bridgehead atoms. The smallest absolute Gasteiger partial charge is 0.252 e. The van der Waals surface area contributed by atoms with Crippen molar-refractivity contribution in [2.24, 2.45) is 5.41 Å². The Hall–Kier alpha value is -1.59. The van der Waals surface area contributed by atoms with Gasteiger partial charge in [0.2, 0.25) is 5.91 Å². The SMILES string of the molecule is CNC(C)CNC(=O)c1cc(NC(=O)CC(C)(C)C)ccc1Cl. The lowest BCUT2D eigenvalue weighted by atomic mass is 9.92. The highest BCUT2D eigenvalue weighted by Gasteiger charge is 2.17. The summed E-state index contributed by atoms with van der Waals surface area (Å²) in [6.07, 6.45) is 0.400. The maximum atomic E-state index is 12.2. The van der Waals surface area contributed by atoms with Gasteiger partial charge in [-0.1, -0.05) is 32.4 Å². The lowest BCUT2D eigenvalue weighted by Crippen LogP contribution is -2.37. The van der Waals surface area contributed by atoms with Crippen LogP contribution in [0.25, 0.3) is 0 Å². The molecule has 0 aliphatic rings. The summed E-state index contributed by atoms with van der Waals surface area (Å²) in [5.41, 5.74) is 0.819. The molecule has 0 saturated heterocycles. The number of likely N-dealkylation sites (N-methyl/N-ethyl adjacent to an activating group) is 1. The van der Waals surface area contributed by atoms with Gasteiger partial charge < -0.3 is 16.0 Å². The first-order valence-electron chi connectivity index (χ1n) is 7.67. The van der Waals surface area contributed by atoms with Gasteiger partial charge in [-0.3, -0.25) is 9.59 Å². The number of amides is 2. The van der Waals surface area contributed by atoms with E-state index in [9.17, 15) is 9.59 Å². The fourth-order valence-electron chi connectivity index (χ4n) is 1.91. The Morgan fingerprint density at radius 3 is 2.48 bits per heavy atom. The van der Waals surface area contributed by atoms with Crippen LogP contribution >= 0.6 is 11.6 Å². The first-order chi connectivity index (χ1) is 10.6. The Balaban J connectivity index is 2.79. The van der Waals surface area contributed by atoms with Crippen molar-refractivity contribution in [3.8, 4) is 0 Å². The molecule has 0 heterocycles. The predicted octanol–water partition coefficient (Wildman–Crippen LogP) is 3.05. The van der Waals surface area contributed by atoms with E-state index < -0.39 is 0 Å². The fourth-order valence-corrected chi connectivity index (χ4v) is 2.11. The standard InChI is InChI=1S/C17H26ClN3O2/c1-11(19-5)10-20-16(23)13-8-12(6-7-14(13)18)21-15(22)9-17(2,3)4/h6-8,11,19H,9-10H2,1-5H3,(H,20,23)(H,21,22). The molecule has 0 spiro atoms. The molecular weight excluding hydrogens is 314 g/mol. The average molecular weight is 340 g/mol. The largest absolute Gasteiger partial charge is 0.350 e. The van der Waals surface area contributed by atoms with Crippen molar-refractivity contribution in [3.05, 3.63) is 28.8 Å². The van der Waals surface area contributed by atoms with E-state index in [2.05, 4.69) is 16.0 Å². The molecule has 0 aliphatic carbocycles. The van der Waals surface area contributed by atoms with E-state index in [1.807, 2.05) is 34.7 Å². The first-order valence-corrected chi connectivity index (χ1v) is 8.05. The Bertz CT molecular complexity index is 567. The number of carbonyl (C=O) groups excluding carboxylic acids is 2. The minimum atomic E-state index is -0.260. The van der Waals surface area contributed by atoms with E-state index in [1.54, 1.807) is 18.2 Å². The van der Waals surface area contributed by atoms with Crippen molar-refractivity contribution in [1.29, 1.82) is 0 Å². The molecule has 0 saturated carbocycles. The third-order valence-electron chi connectivity index (χ3n) is 3.25. The minimum Gasteiger partial charge on any atom is -0.350 e. The lowest BCUT2D eigenvalue weighted by molar-refractivity contribution is -0.117. The second kappa shape index (κ2) is 8.31. The van der Waals surface area contributed by atoms with E-state index in [-0.39, 0.29) is 23.3 Å². The fraction of sp³-hybridized carbons (Fsp3) is 0.529. The number of anilines is 1. The molecule has 6 heteroatoms. The molecular formula is C17H26ClN3O2. The molecule has 1 aromatic carbocycles. The normalized spacial score (nSPS) is 12.6. The second-order valence-electron chi connectivity index (χ2n) is 6.88. The first kappa shape index (κ1) is 19.5. The van der Waals surface area contributed by atoms with Gasteiger partial charge in [0.15, 0.2) is 0 Å². The molecule has 1 rings (SSSR count). The van der Waals surface area contributed by atoms with Crippen LogP contribution in [0.2, 0.25) is 5.02 Å². The topological polar surface area (TPSA) is 70.2 Å². The van der Waals surface area contributed by atoms with Gasteiger partial charge in [-0.05, 0) is 37.6 Å². The van der Waals surface area contributed by atoms with Gasteiger partial charge in [-0.25, -0.2) is 0 Å². The van der Waals surface area contributed by atoms with Crippen LogP contribution in [0.1, 0.15) is 44.5 Å². The van der Waals surface area contributed by atoms with Gasteiger partial charge in [0.1, 0.15) is 0 Å². The number of halogens is 1. The van der Waals surface area contributed by atoms with E-state index in [4.69, 9.17) is 11.6 Å². The van der Waals surface area contributed by atoms with Crippen LogP contribution in [-0.4, -0.2) is 31.4 Å². The summed E-state index contributed by atoms with van der Waals surface area (Å²) in [4.78, 5) is 24.2. The number of carbonyl (C=O) groups is 2. The van der Waals surface area contributed by atoms with E-state index in [0.717, 1.165) is 0 Å². The molecule has 0 aliphatic heterocycles. The summed E-state index contributed by atoms with van der Waals surface area (Å²) in [6.45, 7) is 8.44. The van der Waals surface area contributed by atoms with Crippen molar-refractivity contribution in [2.75, 3.05) is 18.9 Å². The van der Waals surface area contributed by atoms with E-state index in [0.29, 0.717) is 29.2 Å². The molecule has 5 nitrogen and oxygen atoms in total. The van der Waals surface area contributed by atoms with Gasteiger partial charge in [0.05, 0.1) is 10.6 Å². The Morgan fingerprint density at radius 1 is 1.26 bits per heavy atom. The zero-order valence-corrected chi connectivity index (χ0v) is 15.2. The summed E-state index contributed by atoms with van der Waals surface area (Å²) in [7, 11) is 1.83. The van der Waals surface area contributed by atoms with Gasteiger partial charge in [-0.2, -0.15) is 0 Å². The quantitative estimate of drug-likeness (QED) is 0.746. The lowest BCUT2D eigenvalue weighted by Gasteiger charge is -2.17. The maximum absolute atomic E-state index is 12.2. The molecule has 1 atom stereocenters. The highest BCUT2D eigenvalue weighted by atomic mass is 35.5. The summed E-state index contributed by atoms with van der Waals surface area (Å²) in [5, 5.41) is 9.01. The van der Waals surface area contributed by atoms with Crippen molar-refractivity contribution >= 4 is 29.1 Å². The van der Waals surface area contributed by atoms with Crippen LogP contribution < -0.4 is 16.0 Å². The van der Waals surface area contributed by atoms with Crippen molar-refractivity contribution in [3.63, 3.8) is 0 Å². The van der Waals surface area contributed by atoms with E-state index in [1.165, 1.54) is 0 Å². The molecule has 0 radical (unpaired) electrons. The zero-order valence-electron chi connectivity index (χ0n) is 14.4. The highest BCUT2D eigenvalue weighted by molar-refractivity contribution is 6.34. The Kier molecular flexibility index (Phi) is 7.03. The van der Waals surface area contributed by atoms with Crippen molar-refractivity contribution < 1.29 is 9.59 Å².